The highest BCUT2D eigenvalue weighted by Crippen LogP contribution is 2.20. The summed E-state index contributed by atoms with van der Waals surface area (Å²) in [7, 11) is 4.04. The minimum Gasteiger partial charge on any atom is -0.491 e. The van der Waals surface area contributed by atoms with E-state index in [0.717, 1.165) is 31.7 Å². The van der Waals surface area contributed by atoms with Gasteiger partial charge in [0.1, 0.15) is 5.75 Å². The van der Waals surface area contributed by atoms with Gasteiger partial charge in [-0.1, -0.05) is 6.07 Å². The van der Waals surface area contributed by atoms with Crippen molar-refractivity contribution in [3.63, 3.8) is 0 Å². The van der Waals surface area contributed by atoms with Crippen molar-refractivity contribution in [2.75, 3.05) is 27.2 Å². The van der Waals surface area contributed by atoms with Crippen LogP contribution in [0.3, 0.4) is 0 Å². The van der Waals surface area contributed by atoms with Gasteiger partial charge in [-0.05, 0) is 65.0 Å². The molecule has 1 aliphatic rings. The van der Waals surface area contributed by atoms with Crippen LogP contribution in [0.5, 0.6) is 5.75 Å². The third-order valence-electron chi connectivity index (χ3n) is 4.01. The molecule has 1 amide bonds. The van der Waals surface area contributed by atoms with Gasteiger partial charge in [0, 0.05) is 18.7 Å². The average Bonchev–Trinajstić information content (AvgIpc) is 2.46. The Kier molecular flexibility index (Phi) is 5.23. The van der Waals surface area contributed by atoms with E-state index in [-0.39, 0.29) is 12.0 Å². The van der Waals surface area contributed by atoms with Gasteiger partial charge in [-0.3, -0.25) is 4.79 Å². The fraction of sp³-hybridized carbons (Fsp3) is 0.588. The Morgan fingerprint density at radius 3 is 2.62 bits per heavy atom. The highest BCUT2D eigenvalue weighted by atomic mass is 16.5. The lowest BCUT2D eigenvalue weighted by atomic mass is 10.0. The number of likely N-dealkylation sites (tertiary alicyclic amines) is 1. The van der Waals surface area contributed by atoms with Crippen molar-refractivity contribution in [1.29, 1.82) is 0 Å². The third-order valence-corrected chi connectivity index (χ3v) is 4.01. The first-order valence-electron chi connectivity index (χ1n) is 7.70. The molecule has 1 aromatic rings. The van der Waals surface area contributed by atoms with Crippen LogP contribution in [0.4, 0.5) is 0 Å². The van der Waals surface area contributed by atoms with Gasteiger partial charge in [0.2, 0.25) is 0 Å². The molecule has 4 heteroatoms. The van der Waals surface area contributed by atoms with Gasteiger partial charge in [0.05, 0.1) is 6.10 Å². The zero-order valence-electron chi connectivity index (χ0n) is 13.5. The van der Waals surface area contributed by atoms with Gasteiger partial charge < -0.3 is 14.5 Å². The molecule has 1 fully saturated rings. The lowest BCUT2D eigenvalue weighted by Gasteiger charge is -2.35. The largest absolute Gasteiger partial charge is 0.491 e. The molecule has 0 bridgehead atoms. The summed E-state index contributed by atoms with van der Waals surface area (Å²) in [4.78, 5) is 16.8. The van der Waals surface area contributed by atoms with Gasteiger partial charge in [-0.15, -0.1) is 0 Å². The summed E-state index contributed by atoms with van der Waals surface area (Å²) in [5.41, 5.74) is 0.703. The van der Waals surface area contributed by atoms with Crippen molar-refractivity contribution in [3.8, 4) is 5.75 Å². The van der Waals surface area contributed by atoms with Crippen LogP contribution in [0, 0.1) is 0 Å². The molecule has 2 rings (SSSR count). The second-order valence-corrected chi connectivity index (χ2v) is 6.14. The summed E-state index contributed by atoms with van der Waals surface area (Å²) in [5.74, 6) is 0.839. The fourth-order valence-electron chi connectivity index (χ4n) is 2.73. The monoisotopic (exact) mass is 290 g/mol. The number of nitrogens with zero attached hydrogens (tertiary/aromatic N) is 2. The van der Waals surface area contributed by atoms with Crippen molar-refractivity contribution in [3.05, 3.63) is 29.8 Å². The molecule has 0 radical (unpaired) electrons. The van der Waals surface area contributed by atoms with Crippen LogP contribution in [-0.4, -0.2) is 55.0 Å². The number of hydrogen-bond acceptors (Lipinski definition) is 3. The highest BCUT2D eigenvalue weighted by Gasteiger charge is 2.24. The number of hydrogen-bond donors (Lipinski definition) is 0. The molecule has 0 aromatic heterocycles. The van der Waals surface area contributed by atoms with Gasteiger partial charge in [-0.2, -0.15) is 0 Å². The first kappa shape index (κ1) is 15.8. The zero-order valence-corrected chi connectivity index (χ0v) is 13.5. The molecular formula is C17H26N2O2. The first-order valence-corrected chi connectivity index (χ1v) is 7.70. The van der Waals surface area contributed by atoms with Crippen LogP contribution >= 0.6 is 0 Å². The predicted molar refractivity (Wildman–Crippen MR) is 84.8 cm³/mol. The van der Waals surface area contributed by atoms with E-state index >= 15 is 0 Å². The van der Waals surface area contributed by atoms with Crippen molar-refractivity contribution in [2.24, 2.45) is 0 Å². The minimum atomic E-state index is 0.0822. The normalized spacial score (nSPS) is 17.0. The van der Waals surface area contributed by atoms with E-state index in [1.807, 2.05) is 50.1 Å². The molecular weight excluding hydrogens is 264 g/mol. The van der Waals surface area contributed by atoms with Gasteiger partial charge in [-0.25, -0.2) is 0 Å². The average molecular weight is 290 g/mol. The Balaban J connectivity index is 2.05. The van der Waals surface area contributed by atoms with E-state index in [2.05, 4.69) is 11.9 Å². The smallest absolute Gasteiger partial charge is 0.253 e. The van der Waals surface area contributed by atoms with Gasteiger partial charge >= 0.3 is 0 Å². The molecule has 116 valence electrons. The standard InChI is InChI=1S/C17H26N2O2/c1-13(2)21-16-7-5-6-14(12-16)17(20)19(4)15-8-10-18(3)11-9-15/h5-7,12-13,15H,8-11H2,1-4H3. The van der Waals surface area contributed by atoms with Gasteiger partial charge in [0.15, 0.2) is 0 Å². The van der Waals surface area contributed by atoms with Gasteiger partial charge in [0.25, 0.3) is 5.91 Å². The van der Waals surface area contributed by atoms with E-state index < -0.39 is 0 Å². The zero-order chi connectivity index (χ0) is 15.4. The maximum atomic E-state index is 12.6. The number of benzene rings is 1. The highest BCUT2D eigenvalue weighted by molar-refractivity contribution is 5.94. The maximum absolute atomic E-state index is 12.6. The van der Waals surface area contributed by atoms with E-state index in [0.29, 0.717) is 11.6 Å². The molecule has 21 heavy (non-hydrogen) atoms. The molecule has 0 aliphatic carbocycles. The molecule has 1 saturated heterocycles. The molecule has 0 spiro atoms. The van der Waals surface area contributed by atoms with E-state index in [9.17, 15) is 4.79 Å². The summed E-state index contributed by atoms with van der Waals surface area (Å²) in [6.07, 6.45) is 2.20. The molecule has 1 heterocycles. The van der Waals surface area contributed by atoms with Crippen LogP contribution < -0.4 is 4.74 Å². The minimum absolute atomic E-state index is 0.0822. The quantitative estimate of drug-likeness (QED) is 0.854. The molecule has 0 N–H and O–H groups in total. The first-order chi connectivity index (χ1) is 9.97. The predicted octanol–water partition coefficient (Wildman–Crippen LogP) is 2.64. The number of ether oxygens (including phenoxy) is 1. The number of amides is 1. The maximum Gasteiger partial charge on any atom is 0.253 e. The molecule has 1 aliphatic heterocycles. The van der Waals surface area contributed by atoms with Crippen molar-refractivity contribution >= 4 is 5.91 Å². The van der Waals surface area contributed by atoms with Crippen LogP contribution in [0.15, 0.2) is 24.3 Å². The topological polar surface area (TPSA) is 32.8 Å². The van der Waals surface area contributed by atoms with Crippen LogP contribution in [0.25, 0.3) is 0 Å². The summed E-state index contributed by atoms with van der Waals surface area (Å²) in [6, 6.07) is 7.82. The van der Waals surface area contributed by atoms with Crippen molar-refractivity contribution < 1.29 is 9.53 Å². The van der Waals surface area contributed by atoms with Crippen LogP contribution in [0.1, 0.15) is 37.0 Å². The number of carbonyl (C=O) groups excluding carboxylic acids is 1. The second kappa shape index (κ2) is 6.94. The van der Waals surface area contributed by atoms with E-state index in [1.54, 1.807) is 0 Å². The van der Waals surface area contributed by atoms with Crippen molar-refractivity contribution in [1.82, 2.24) is 9.80 Å². The number of rotatable bonds is 4. The summed E-state index contributed by atoms with van der Waals surface area (Å²) in [6.45, 7) is 6.08. The lowest BCUT2D eigenvalue weighted by molar-refractivity contribution is 0.0659. The fourth-order valence-corrected chi connectivity index (χ4v) is 2.73. The van der Waals surface area contributed by atoms with Crippen LogP contribution in [0.2, 0.25) is 0 Å². The summed E-state index contributed by atoms with van der Waals surface area (Å²) in [5, 5.41) is 0. The molecule has 1 aromatic carbocycles. The van der Waals surface area contributed by atoms with E-state index in [4.69, 9.17) is 4.74 Å². The summed E-state index contributed by atoms with van der Waals surface area (Å²) < 4.78 is 5.67. The Hall–Kier alpha value is -1.55. The van der Waals surface area contributed by atoms with Crippen molar-refractivity contribution in [2.45, 2.75) is 38.8 Å². The number of piperidine rings is 1. The van der Waals surface area contributed by atoms with Crippen LogP contribution in [-0.2, 0) is 0 Å². The lowest BCUT2D eigenvalue weighted by Crippen LogP contribution is -2.44. The Morgan fingerprint density at radius 1 is 1.33 bits per heavy atom. The number of carbonyl (C=O) groups is 1. The second-order valence-electron chi connectivity index (χ2n) is 6.14. The Bertz CT molecular complexity index is 479. The molecule has 4 nitrogen and oxygen atoms in total. The SMILES string of the molecule is CC(C)Oc1cccc(C(=O)N(C)C2CCN(C)CC2)c1. The Morgan fingerprint density at radius 2 is 2.00 bits per heavy atom. The summed E-state index contributed by atoms with van der Waals surface area (Å²) >= 11 is 0. The molecule has 0 atom stereocenters. The third kappa shape index (κ3) is 4.21. The molecule has 0 unspecified atom stereocenters. The molecule has 0 saturated carbocycles. The Labute approximate surface area is 127 Å². The van der Waals surface area contributed by atoms with E-state index in [1.165, 1.54) is 0 Å².